The van der Waals surface area contributed by atoms with Gasteiger partial charge in [-0.3, -0.25) is 0 Å². The van der Waals surface area contributed by atoms with Gasteiger partial charge in [0.1, 0.15) is 0 Å². The van der Waals surface area contributed by atoms with E-state index in [2.05, 4.69) is 5.32 Å². The molecular formula is C9H7N3. The first-order valence-corrected chi connectivity index (χ1v) is 3.48. The number of hydrogen-bond acceptors (Lipinski definition) is 3. The third-order valence-electron chi connectivity index (χ3n) is 1.43. The molecule has 0 atom stereocenters. The van der Waals surface area contributed by atoms with Crippen molar-refractivity contribution in [3.05, 3.63) is 35.4 Å². The molecule has 0 amide bonds. The highest BCUT2D eigenvalue weighted by Gasteiger charge is 1.92. The second-order valence-electron chi connectivity index (χ2n) is 2.28. The fraction of sp³-hybridized carbons (Fsp3) is 0.111. The summed E-state index contributed by atoms with van der Waals surface area (Å²) in [6, 6.07) is 9.18. The molecular weight excluding hydrogens is 150 g/mol. The van der Waals surface area contributed by atoms with E-state index in [1.807, 2.05) is 18.3 Å². The van der Waals surface area contributed by atoms with Gasteiger partial charge in [0.25, 0.3) is 0 Å². The van der Waals surface area contributed by atoms with E-state index in [1.165, 1.54) is 0 Å². The van der Waals surface area contributed by atoms with Gasteiger partial charge < -0.3 is 5.32 Å². The first-order valence-electron chi connectivity index (χ1n) is 3.48. The molecule has 0 saturated carbocycles. The molecule has 1 aromatic carbocycles. The van der Waals surface area contributed by atoms with Gasteiger partial charge >= 0.3 is 0 Å². The smallest absolute Gasteiger partial charge is 0.176 e. The van der Waals surface area contributed by atoms with Crippen LogP contribution in [-0.2, 0) is 6.54 Å². The van der Waals surface area contributed by atoms with Crippen molar-refractivity contribution >= 4 is 0 Å². The van der Waals surface area contributed by atoms with Crippen LogP contribution in [0.15, 0.2) is 24.3 Å². The Bertz CT molecular complexity index is 344. The molecule has 0 bridgehead atoms. The lowest BCUT2D eigenvalue weighted by molar-refractivity contribution is 0.884. The highest BCUT2D eigenvalue weighted by atomic mass is 14.8. The van der Waals surface area contributed by atoms with Crippen LogP contribution in [0.4, 0.5) is 0 Å². The first kappa shape index (κ1) is 8.10. The van der Waals surface area contributed by atoms with Gasteiger partial charge in [0.15, 0.2) is 6.19 Å². The minimum Gasteiger partial charge on any atom is -0.319 e. The molecule has 12 heavy (non-hydrogen) atoms. The largest absolute Gasteiger partial charge is 0.319 e. The van der Waals surface area contributed by atoms with Crippen molar-refractivity contribution in [2.24, 2.45) is 0 Å². The number of hydrogen-bond donors (Lipinski definition) is 1. The van der Waals surface area contributed by atoms with Gasteiger partial charge in [-0.25, -0.2) is 0 Å². The lowest BCUT2D eigenvalue weighted by Crippen LogP contribution is -2.04. The van der Waals surface area contributed by atoms with Crippen molar-refractivity contribution in [3.8, 4) is 12.3 Å². The summed E-state index contributed by atoms with van der Waals surface area (Å²) in [7, 11) is 0. The molecule has 1 N–H and O–H groups in total. The van der Waals surface area contributed by atoms with Crippen LogP contribution in [0.3, 0.4) is 0 Å². The van der Waals surface area contributed by atoms with Crippen LogP contribution < -0.4 is 5.32 Å². The van der Waals surface area contributed by atoms with Crippen molar-refractivity contribution in [2.45, 2.75) is 6.54 Å². The van der Waals surface area contributed by atoms with Gasteiger partial charge in [-0.1, -0.05) is 12.1 Å². The van der Waals surface area contributed by atoms with E-state index in [-0.39, 0.29) is 0 Å². The van der Waals surface area contributed by atoms with Crippen LogP contribution in [0.1, 0.15) is 11.1 Å². The Kier molecular flexibility index (Phi) is 2.70. The van der Waals surface area contributed by atoms with E-state index >= 15 is 0 Å². The Labute approximate surface area is 70.9 Å². The lowest BCUT2D eigenvalue weighted by atomic mass is 10.1. The maximum absolute atomic E-state index is 8.55. The van der Waals surface area contributed by atoms with Crippen LogP contribution in [-0.4, -0.2) is 0 Å². The molecule has 0 aliphatic carbocycles. The van der Waals surface area contributed by atoms with E-state index in [0.29, 0.717) is 12.1 Å². The predicted molar refractivity (Wildman–Crippen MR) is 43.6 cm³/mol. The SMILES string of the molecule is N#CNCc1cccc(C#N)c1. The summed E-state index contributed by atoms with van der Waals surface area (Å²) in [6.45, 7) is 0.478. The summed E-state index contributed by atoms with van der Waals surface area (Å²) < 4.78 is 0. The fourth-order valence-electron chi connectivity index (χ4n) is 0.892. The van der Waals surface area contributed by atoms with E-state index in [1.54, 1.807) is 18.2 Å². The number of benzene rings is 1. The molecule has 0 unspecified atom stereocenters. The van der Waals surface area contributed by atoms with Gasteiger partial charge in [-0.15, -0.1) is 0 Å². The summed E-state index contributed by atoms with van der Waals surface area (Å²) in [5.41, 5.74) is 1.56. The van der Waals surface area contributed by atoms with Gasteiger partial charge in [0, 0.05) is 6.54 Å². The highest BCUT2D eigenvalue weighted by Crippen LogP contribution is 2.02. The van der Waals surface area contributed by atoms with Gasteiger partial charge in [-0.05, 0) is 17.7 Å². The second-order valence-corrected chi connectivity index (χ2v) is 2.28. The fourth-order valence-corrected chi connectivity index (χ4v) is 0.892. The highest BCUT2D eigenvalue weighted by molar-refractivity contribution is 5.32. The monoisotopic (exact) mass is 157 g/mol. The molecule has 0 radical (unpaired) electrons. The Morgan fingerprint density at radius 2 is 2.17 bits per heavy atom. The minimum atomic E-state index is 0.478. The maximum Gasteiger partial charge on any atom is 0.176 e. The van der Waals surface area contributed by atoms with Crippen molar-refractivity contribution in [2.75, 3.05) is 0 Å². The molecule has 1 aromatic rings. The average molecular weight is 157 g/mol. The van der Waals surface area contributed by atoms with Crippen molar-refractivity contribution in [1.29, 1.82) is 10.5 Å². The standard InChI is InChI=1S/C9H7N3/c10-5-8-2-1-3-9(4-8)6-12-7-11/h1-4,12H,6H2. The van der Waals surface area contributed by atoms with Crippen LogP contribution in [0.5, 0.6) is 0 Å². The van der Waals surface area contributed by atoms with Crippen molar-refractivity contribution in [3.63, 3.8) is 0 Å². The number of nitriles is 2. The zero-order valence-corrected chi connectivity index (χ0v) is 6.41. The maximum atomic E-state index is 8.55. The molecule has 0 saturated heterocycles. The van der Waals surface area contributed by atoms with E-state index in [9.17, 15) is 0 Å². The summed E-state index contributed by atoms with van der Waals surface area (Å²) in [4.78, 5) is 0. The molecule has 0 fully saturated rings. The Balaban J connectivity index is 2.76. The zero-order valence-electron chi connectivity index (χ0n) is 6.41. The molecule has 0 heterocycles. The van der Waals surface area contributed by atoms with Crippen molar-refractivity contribution in [1.82, 2.24) is 5.32 Å². The second kappa shape index (κ2) is 4.00. The number of rotatable bonds is 2. The molecule has 0 aliphatic rings. The average Bonchev–Trinajstić information content (AvgIpc) is 2.15. The van der Waals surface area contributed by atoms with Gasteiger partial charge in [0.05, 0.1) is 11.6 Å². The molecule has 1 rings (SSSR count). The predicted octanol–water partition coefficient (Wildman–Crippen LogP) is 1.13. The zero-order chi connectivity index (χ0) is 8.81. The first-order chi connectivity index (χ1) is 5.86. The Hall–Kier alpha value is -2.00. The number of nitrogens with zero attached hydrogens (tertiary/aromatic N) is 2. The van der Waals surface area contributed by atoms with Crippen LogP contribution in [0.25, 0.3) is 0 Å². The van der Waals surface area contributed by atoms with E-state index < -0.39 is 0 Å². The lowest BCUT2D eigenvalue weighted by Gasteiger charge is -1.97. The topological polar surface area (TPSA) is 59.6 Å². The third-order valence-corrected chi connectivity index (χ3v) is 1.43. The van der Waals surface area contributed by atoms with Crippen LogP contribution in [0.2, 0.25) is 0 Å². The van der Waals surface area contributed by atoms with Crippen molar-refractivity contribution < 1.29 is 0 Å². The number of nitrogens with one attached hydrogen (secondary N) is 1. The van der Waals surface area contributed by atoms with Gasteiger partial charge in [-0.2, -0.15) is 10.5 Å². The molecule has 58 valence electrons. The third kappa shape index (κ3) is 2.00. The van der Waals surface area contributed by atoms with Crippen LogP contribution >= 0.6 is 0 Å². The molecule has 3 heteroatoms. The summed E-state index contributed by atoms with van der Waals surface area (Å²) in [5.74, 6) is 0. The molecule has 0 spiro atoms. The van der Waals surface area contributed by atoms with Crippen LogP contribution in [0, 0.1) is 22.8 Å². The molecule has 3 nitrogen and oxygen atoms in total. The summed E-state index contributed by atoms with van der Waals surface area (Å²) in [5, 5.41) is 19.3. The summed E-state index contributed by atoms with van der Waals surface area (Å²) >= 11 is 0. The quantitative estimate of drug-likeness (QED) is 0.517. The van der Waals surface area contributed by atoms with E-state index in [0.717, 1.165) is 5.56 Å². The summed E-state index contributed by atoms with van der Waals surface area (Å²) in [6.07, 6.45) is 1.82. The van der Waals surface area contributed by atoms with Gasteiger partial charge in [0.2, 0.25) is 0 Å². The van der Waals surface area contributed by atoms with E-state index in [4.69, 9.17) is 10.5 Å². The Morgan fingerprint density at radius 1 is 1.33 bits per heavy atom. The Morgan fingerprint density at radius 3 is 2.83 bits per heavy atom. The molecule has 0 aromatic heterocycles. The molecule has 0 aliphatic heterocycles. The minimum absolute atomic E-state index is 0.478. The normalized spacial score (nSPS) is 8.17.